The Kier molecular flexibility index (Phi) is 7.15. The second kappa shape index (κ2) is 8.67. The molecular formula is C15H23NO3. The predicted molar refractivity (Wildman–Crippen MR) is 75.1 cm³/mol. The predicted octanol–water partition coefficient (Wildman–Crippen LogP) is 1.46. The van der Waals surface area contributed by atoms with E-state index < -0.39 is 0 Å². The Bertz CT molecular complexity index is 369. The van der Waals surface area contributed by atoms with Crippen LogP contribution in [0.4, 0.5) is 0 Å². The van der Waals surface area contributed by atoms with E-state index in [2.05, 4.69) is 6.92 Å². The van der Waals surface area contributed by atoms with E-state index in [1.807, 2.05) is 24.3 Å². The number of carbonyl (C=O) groups excluding carboxylic acids is 1. The molecule has 0 fully saturated rings. The lowest BCUT2D eigenvalue weighted by atomic mass is 10.1. The first-order valence-corrected chi connectivity index (χ1v) is 6.82. The third kappa shape index (κ3) is 5.01. The number of amides is 1. The lowest BCUT2D eigenvalue weighted by Crippen LogP contribution is -2.35. The first-order valence-electron chi connectivity index (χ1n) is 6.82. The second-order valence-electron chi connectivity index (χ2n) is 4.54. The summed E-state index contributed by atoms with van der Waals surface area (Å²) in [4.78, 5) is 13.6. The van der Waals surface area contributed by atoms with Crippen LogP contribution in [0.3, 0.4) is 0 Å². The number of hydrogen-bond donors (Lipinski definition) is 2. The Morgan fingerprint density at radius 2 is 1.68 bits per heavy atom. The van der Waals surface area contributed by atoms with Gasteiger partial charge in [0.15, 0.2) is 0 Å². The summed E-state index contributed by atoms with van der Waals surface area (Å²) in [6.45, 7) is 2.45. The highest BCUT2D eigenvalue weighted by Gasteiger charge is 2.14. The number of hydrogen-bond acceptors (Lipinski definition) is 3. The van der Waals surface area contributed by atoms with Crippen molar-refractivity contribution in [3.05, 3.63) is 35.4 Å². The van der Waals surface area contributed by atoms with Crippen LogP contribution in [-0.4, -0.2) is 47.3 Å². The molecular weight excluding hydrogens is 242 g/mol. The van der Waals surface area contributed by atoms with Gasteiger partial charge in [-0.15, -0.1) is 0 Å². The molecule has 0 aromatic heterocycles. The smallest absolute Gasteiger partial charge is 0.254 e. The quantitative estimate of drug-likeness (QED) is 0.748. The standard InChI is InChI=1S/C15H23NO3/c1-2-3-4-13-5-7-14(8-6-13)15(19)16(9-11-17)10-12-18/h5-8,17-18H,2-4,9-12H2,1H3. The van der Waals surface area contributed by atoms with Crippen molar-refractivity contribution in [1.29, 1.82) is 0 Å². The average Bonchev–Trinajstić information content (AvgIpc) is 2.44. The van der Waals surface area contributed by atoms with E-state index in [4.69, 9.17) is 10.2 Å². The van der Waals surface area contributed by atoms with E-state index in [0.29, 0.717) is 5.56 Å². The number of nitrogens with zero attached hydrogens (tertiary/aromatic N) is 1. The van der Waals surface area contributed by atoms with Gasteiger partial charge in [0.25, 0.3) is 5.91 Å². The number of aryl methyl sites for hydroxylation is 1. The lowest BCUT2D eigenvalue weighted by molar-refractivity contribution is 0.0685. The molecule has 19 heavy (non-hydrogen) atoms. The second-order valence-corrected chi connectivity index (χ2v) is 4.54. The average molecular weight is 265 g/mol. The van der Waals surface area contributed by atoms with E-state index in [0.717, 1.165) is 19.3 Å². The molecule has 0 aliphatic heterocycles. The fourth-order valence-corrected chi connectivity index (χ4v) is 1.93. The van der Waals surface area contributed by atoms with Gasteiger partial charge >= 0.3 is 0 Å². The van der Waals surface area contributed by atoms with Gasteiger partial charge in [0.2, 0.25) is 0 Å². The summed E-state index contributed by atoms with van der Waals surface area (Å²) in [5.41, 5.74) is 1.83. The number of benzene rings is 1. The number of carbonyl (C=O) groups is 1. The molecule has 0 saturated heterocycles. The fraction of sp³-hybridized carbons (Fsp3) is 0.533. The van der Waals surface area contributed by atoms with Gasteiger partial charge < -0.3 is 15.1 Å². The fourth-order valence-electron chi connectivity index (χ4n) is 1.93. The van der Waals surface area contributed by atoms with Crippen LogP contribution in [0, 0.1) is 0 Å². The van der Waals surface area contributed by atoms with Crippen LogP contribution in [0.15, 0.2) is 24.3 Å². The summed E-state index contributed by atoms with van der Waals surface area (Å²) >= 11 is 0. The molecule has 4 heteroatoms. The van der Waals surface area contributed by atoms with Crippen molar-refractivity contribution < 1.29 is 15.0 Å². The molecule has 1 aromatic rings. The molecule has 0 heterocycles. The zero-order valence-corrected chi connectivity index (χ0v) is 11.5. The molecule has 1 rings (SSSR count). The van der Waals surface area contributed by atoms with E-state index >= 15 is 0 Å². The maximum absolute atomic E-state index is 12.2. The summed E-state index contributed by atoms with van der Waals surface area (Å²) in [6, 6.07) is 7.57. The Morgan fingerprint density at radius 1 is 1.11 bits per heavy atom. The van der Waals surface area contributed by atoms with Gasteiger partial charge in [-0.05, 0) is 30.5 Å². The van der Waals surface area contributed by atoms with Crippen molar-refractivity contribution in [1.82, 2.24) is 4.90 Å². The molecule has 0 aliphatic carbocycles. The third-order valence-corrected chi connectivity index (χ3v) is 3.05. The molecule has 1 amide bonds. The number of aliphatic hydroxyl groups excluding tert-OH is 2. The SMILES string of the molecule is CCCCc1ccc(C(=O)N(CCO)CCO)cc1. The summed E-state index contributed by atoms with van der Waals surface area (Å²) < 4.78 is 0. The molecule has 1 aromatic carbocycles. The molecule has 0 saturated carbocycles. The Morgan fingerprint density at radius 3 is 2.16 bits per heavy atom. The lowest BCUT2D eigenvalue weighted by Gasteiger charge is -2.20. The van der Waals surface area contributed by atoms with E-state index in [1.165, 1.54) is 10.5 Å². The highest BCUT2D eigenvalue weighted by Crippen LogP contribution is 2.10. The van der Waals surface area contributed by atoms with Crippen molar-refractivity contribution in [2.75, 3.05) is 26.3 Å². The van der Waals surface area contributed by atoms with Crippen molar-refractivity contribution in [2.45, 2.75) is 26.2 Å². The van der Waals surface area contributed by atoms with Crippen molar-refractivity contribution in [3.63, 3.8) is 0 Å². The Hall–Kier alpha value is -1.39. The highest BCUT2D eigenvalue weighted by atomic mass is 16.3. The number of unbranched alkanes of at least 4 members (excludes halogenated alkanes) is 1. The number of aliphatic hydroxyl groups is 2. The maximum atomic E-state index is 12.2. The summed E-state index contributed by atoms with van der Waals surface area (Å²) in [5.74, 6) is -0.148. The van der Waals surface area contributed by atoms with Crippen molar-refractivity contribution in [3.8, 4) is 0 Å². The van der Waals surface area contributed by atoms with Crippen LogP contribution < -0.4 is 0 Å². The van der Waals surface area contributed by atoms with Crippen molar-refractivity contribution in [2.24, 2.45) is 0 Å². The zero-order valence-electron chi connectivity index (χ0n) is 11.5. The number of rotatable bonds is 8. The van der Waals surface area contributed by atoms with Crippen LogP contribution in [0.2, 0.25) is 0 Å². The summed E-state index contributed by atoms with van der Waals surface area (Å²) in [5, 5.41) is 17.8. The Labute approximate surface area is 114 Å². The van der Waals surface area contributed by atoms with E-state index in [-0.39, 0.29) is 32.2 Å². The molecule has 0 bridgehead atoms. The largest absolute Gasteiger partial charge is 0.395 e. The van der Waals surface area contributed by atoms with Crippen molar-refractivity contribution >= 4 is 5.91 Å². The first kappa shape index (κ1) is 15.7. The molecule has 4 nitrogen and oxygen atoms in total. The normalized spacial score (nSPS) is 10.5. The highest BCUT2D eigenvalue weighted by molar-refractivity contribution is 5.94. The molecule has 0 aliphatic rings. The van der Waals surface area contributed by atoms with Crippen LogP contribution in [0.1, 0.15) is 35.7 Å². The minimum absolute atomic E-state index is 0.0969. The minimum atomic E-state index is -0.148. The molecule has 0 radical (unpaired) electrons. The van der Waals surface area contributed by atoms with E-state index in [1.54, 1.807) is 0 Å². The monoisotopic (exact) mass is 265 g/mol. The van der Waals surface area contributed by atoms with Crippen LogP contribution in [0.5, 0.6) is 0 Å². The third-order valence-electron chi connectivity index (χ3n) is 3.05. The van der Waals surface area contributed by atoms with E-state index in [9.17, 15) is 4.79 Å². The summed E-state index contributed by atoms with van der Waals surface area (Å²) in [7, 11) is 0. The first-order chi connectivity index (χ1) is 9.22. The topological polar surface area (TPSA) is 60.8 Å². The summed E-state index contributed by atoms with van der Waals surface area (Å²) in [6.07, 6.45) is 3.33. The molecule has 2 N–H and O–H groups in total. The van der Waals surface area contributed by atoms with Gasteiger partial charge in [0.1, 0.15) is 0 Å². The van der Waals surface area contributed by atoms with Gasteiger partial charge in [-0.1, -0.05) is 25.5 Å². The molecule has 0 atom stereocenters. The van der Waals surface area contributed by atoms with Gasteiger partial charge in [-0.3, -0.25) is 4.79 Å². The van der Waals surface area contributed by atoms with Gasteiger partial charge in [-0.2, -0.15) is 0 Å². The Balaban J connectivity index is 2.69. The maximum Gasteiger partial charge on any atom is 0.254 e. The molecule has 106 valence electrons. The van der Waals surface area contributed by atoms with Gasteiger partial charge in [0.05, 0.1) is 13.2 Å². The molecule has 0 unspecified atom stereocenters. The van der Waals surface area contributed by atoms with Crippen LogP contribution in [-0.2, 0) is 6.42 Å². The zero-order chi connectivity index (χ0) is 14.1. The van der Waals surface area contributed by atoms with Gasteiger partial charge in [-0.25, -0.2) is 0 Å². The minimum Gasteiger partial charge on any atom is -0.395 e. The van der Waals surface area contributed by atoms with Crippen LogP contribution >= 0.6 is 0 Å². The molecule has 0 spiro atoms. The van der Waals surface area contributed by atoms with Crippen LogP contribution in [0.25, 0.3) is 0 Å². The van der Waals surface area contributed by atoms with Gasteiger partial charge in [0, 0.05) is 18.7 Å².